The molecule has 0 fully saturated rings. The van der Waals surface area contributed by atoms with Gasteiger partial charge < -0.3 is 5.32 Å². The third-order valence-corrected chi connectivity index (χ3v) is 6.08. The molecule has 0 amide bonds. The number of nitrogens with one attached hydrogen (secondary N) is 2. The lowest BCUT2D eigenvalue weighted by atomic mass is 10.0. The van der Waals surface area contributed by atoms with Gasteiger partial charge in [0.15, 0.2) is 5.84 Å². The maximum atomic E-state index is 14.9. The average Bonchev–Trinajstić information content (AvgIpc) is 3.49. The van der Waals surface area contributed by atoms with Gasteiger partial charge in [-0.2, -0.15) is 23.4 Å². The van der Waals surface area contributed by atoms with Crippen molar-refractivity contribution in [1.82, 2.24) is 20.0 Å². The Balaban J connectivity index is 1.72. The SMILES string of the molecule is C=NC(=NC=CC)c1cc(CNc2cc(Cc3n[nH]c(=O)s3)nn2-c2ccc(F)cc2)c(F)cc1C(F)(F)F. The number of allylic oxidation sites excluding steroid dienone is 1. The number of H-pyrrole nitrogens is 1. The van der Waals surface area contributed by atoms with Crippen LogP contribution < -0.4 is 10.2 Å². The summed E-state index contributed by atoms with van der Waals surface area (Å²) >= 11 is 0.910. The van der Waals surface area contributed by atoms with Gasteiger partial charge >= 0.3 is 11.0 Å². The predicted molar refractivity (Wildman–Crippen MR) is 139 cm³/mol. The van der Waals surface area contributed by atoms with E-state index in [2.05, 4.69) is 37.3 Å². The van der Waals surface area contributed by atoms with Crippen molar-refractivity contribution in [3.05, 3.63) is 103 Å². The first kappa shape index (κ1) is 27.6. The highest BCUT2D eigenvalue weighted by atomic mass is 32.1. The third kappa shape index (κ3) is 6.52. The second-order valence-corrected chi connectivity index (χ2v) is 9.07. The normalized spacial score (nSPS) is 12.3. The Morgan fingerprint density at radius 3 is 2.56 bits per heavy atom. The van der Waals surface area contributed by atoms with Crippen molar-refractivity contribution in [2.45, 2.75) is 26.1 Å². The fraction of sp³-hybridized carbons (Fsp3) is 0.160. The fourth-order valence-electron chi connectivity index (χ4n) is 3.61. The van der Waals surface area contributed by atoms with Crippen molar-refractivity contribution in [3.63, 3.8) is 0 Å². The summed E-state index contributed by atoms with van der Waals surface area (Å²) in [7, 11) is 0. The van der Waals surface area contributed by atoms with Crippen LogP contribution in [-0.4, -0.2) is 32.5 Å². The highest BCUT2D eigenvalue weighted by Crippen LogP contribution is 2.34. The molecule has 0 aliphatic carbocycles. The molecule has 0 bridgehead atoms. The number of amidine groups is 1. The highest BCUT2D eigenvalue weighted by Gasteiger charge is 2.36. The zero-order chi connectivity index (χ0) is 28.2. The van der Waals surface area contributed by atoms with E-state index in [-0.39, 0.29) is 29.2 Å². The molecule has 4 rings (SSSR count). The van der Waals surface area contributed by atoms with Crippen LogP contribution in [0.25, 0.3) is 5.69 Å². The van der Waals surface area contributed by atoms with E-state index in [4.69, 9.17) is 0 Å². The lowest BCUT2D eigenvalue weighted by Gasteiger charge is -2.16. The van der Waals surface area contributed by atoms with Gasteiger partial charge in [0.1, 0.15) is 22.5 Å². The summed E-state index contributed by atoms with van der Waals surface area (Å²) in [5.74, 6) is -1.54. The van der Waals surface area contributed by atoms with E-state index < -0.39 is 28.9 Å². The van der Waals surface area contributed by atoms with Gasteiger partial charge in [-0.15, -0.1) is 0 Å². The number of alkyl halides is 3. The Hall–Kier alpha value is -4.46. The van der Waals surface area contributed by atoms with Crippen molar-refractivity contribution in [2.75, 3.05) is 5.32 Å². The van der Waals surface area contributed by atoms with Gasteiger partial charge in [-0.1, -0.05) is 17.4 Å². The molecular formula is C25H20F5N7OS. The van der Waals surface area contributed by atoms with Crippen LogP contribution in [0.1, 0.15) is 34.3 Å². The first-order valence-corrected chi connectivity index (χ1v) is 12.1. The van der Waals surface area contributed by atoms with Gasteiger partial charge in [0.05, 0.1) is 16.9 Å². The Labute approximate surface area is 222 Å². The maximum absolute atomic E-state index is 14.9. The summed E-state index contributed by atoms with van der Waals surface area (Å²) in [6.45, 7) is 4.68. The van der Waals surface area contributed by atoms with Crippen LogP contribution in [0.15, 0.2) is 69.5 Å². The van der Waals surface area contributed by atoms with Crippen molar-refractivity contribution < 1.29 is 22.0 Å². The van der Waals surface area contributed by atoms with Crippen molar-refractivity contribution in [2.24, 2.45) is 9.98 Å². The van der Waals surface area contributed by atoms with Crippen molar-refractivity contribution in [1.29, 1.82) is 0 Å². The number of hydrogen-bond acceptors (Lipinski definition) is 6. The summed E-state index contributed by atoms with van der Waals surface area (Å²) in [4.78, 5) is 18.6. The summed E-state index contributed by atoms with van der Waals surface area (Å²) in [5.41, 5.74) is -0.833. The highest BCUT2D eigenvalue weighted by molar-refractivity contribution is 7.08. The molecule has 2 aromatic heterocycles. The van der Waals surface area contributed by atoms with Crippen LogP contribution in [0, 0.1) is 11.6 Å². The van der Waals surface area contributed by atoms with Crippen LogP contribution in [0.4, 0.5) is 27.8 Å². The Morgan fingerprint density at radius 1 is 1.21 bits per heavy atom. The van der Waals surface area contributed by atoms with Crippen LogP contribution in [0.3, 0.4) is 0 Å². The minimum absolute atomic E-state index is 0.103. The van der Waals surface area contributed by atoms with E-state index in [0.29, 0.717) is 28.3 Å². The number of hydrogen-bond donors (Lipinski definition) is 2. The van der Waals surface area contributed by atoms with E-state index in [0.717, 1.165) is 17.4 Å². The number of aliphatic imine (C=N–C) groups is 2. The van der Waals surface area contributed by atoms with E-state index in [9.17, 15) is 26.7 Å². The Morgan fingerprint density at radius 2 is 1.95 bits per heavy atom. The number of aromatic nitrogens is 4. The lowest BCUT2D eigenvalue weighted by Crippen LogP contribution is -2.16. The monoisotopic (exact) mass is 561 g/mol. The topological polar surface area (TPSA) is 100 Å². The fourth-order valence-corrected chi connectivity index (χ4v) is 4.23. The molecule has 0 aliphatic rings. The van der Waals surface area contributed by atoms with E-state index in [1.165, 1.54) is 41.2 Å². The maximum Gasteiger partial charge on any atom is 0.417 e. The molecule has 8 nitrogen and oxygen atoms in total. The number of aromatic amines is 1. The molecule has 202 valence electrons. The number of halogens is 5. The second-order valence-electron chi connectivity index (χ2n) is 8.03. The Kier molecular flexibility index (Phi) is 8.14. The van der Waals surface area contributed by atoms with Crippen molar-refractivity contribution in [3.8, 4) is 5.69 Å². The number of anilines is 1. The molecule has 0 unspecified atom stereocenters. The standard InChI is InChI=1S/C25H20F5N7OS/c1-3-8-32-23(31-2)18-9-14(20(27)12-19(18)25(28,29)30)13-33-21-10-16(11-22-34-35-24(38)39-22)36-37(21)17-6-4-15(26)5-7-17/h3-10,12,33H,2,11,13H2,1H3,(H,35,38). The zero-order valence-corrected chi connectivity index (χ0v) is 21.1. The zero-order valence-electron chi connectivity index (χ0n) is 20.3. The molecule has 0 saturated heterocycles. The number of benzene rings is 2. The van der Waals surface area contributed by atoms with Gasteiger partial charge in [-0.05, 0) is 50.0 Å². The Bertz CT molecular complexity index is 1600. The molecule has 4 aromatic rings. The molecule has 0 atom stereocenters. The summed E-state index contributed by atoms with van der Waals surface area (Å²) in [6.07, 6.45) is -1.91. The van der Waals surface area contributed by atoms with Gasteiger partial charge in [-0.3, -0.25) is 4.79 Å². The van der Waals surface area contributed by atoms with Gasteiger partial charge in [0.25, 0.3) is 0 Å². The van der Waals surface area contributed by atoms with E-state index in [1.54, 1.807) is 13.0 Å². The molecule has 2 heterocycles. The lowest BCUT2D eigenvalue weighted by molar-refractivity contribution is -0.137. The molecule has 0 saturated carbocycles. The van der Waals surface area contributed by atoms with Gasteiger partial charge in [0, 0.05) is 36.4 Å². The largest absolute Gasteiger partial charge is 0.417 e. The number of nitrogens with zero attached hydrogens (tertiary/aromatic N) is 5. The predicted octanol–water partition coefficient (Wildman–Crippen LogP) is 5.50. The second kappa shape index (κ2) is 11.5. The first-order valence-electron chi connectivity index (χ1n) is 11.3. The molecule has 0 spiro atoms. The van der Waals surface area contributed by atoms with E-state index >= 15 is 0 Å². The van der Waals surface area contributed by atoms with Gasteiger partial charge in [-0.25, -0.2) is 28.5 Å². The van der Waals surface area contributed by atoms with Gasteiger partial charge in [0.2, 0.25) is 0 Å². The van der Waals surface area contributed by atoms with Crippen molar-refractivity contribution >= 4 is 29.7 Å². The molecular weight excluding hydrogens is 541 g/mol. The quantitative estimate of drug-likeness (QED) is 0.169. The smallest absolute Gasteiger partial charge is 0.366 e. The summed E-state index contributed by atoms with van der Waals surface area (Å²) in [6, 6.07) is 8.43. The molecule has 0 radical (unpaired) electrons. The van der Waals surface area contributed by atoms with Crippen LogP contribution in [0.5, 0.6) is 0 Å². The van der Waals surface area contributed by atoms with Crippen LogP contribution >= 0.6 is 11.3 Å². The number of rotatable bonds is 8. The minimum atomic E-state index is -4.86. The summed E-state index contributed by atoms with van der Waals surface area (Å²) in [5, 5.41) is 14.2. The third-order valence-electron chi connectivity index (χ3n) is 5.33. The van der Waals surface area contributed by atoms with Crippen LogP contribution in [0.2, 0.25) is 0 Å². The first-order chi connectivity index (χ1) is 18.6. The molecule has 14 heteroatoms. The minimum Gasteiger partial charge on any atom is -0.366 e. The molecule has 0 aliphatic heterocycles. The summed E-state index contributed by atoms with van der Waals surface area (Å²) < 4.78 is 70.9. The molecule has 2 N–H and O–H groups in total. The average molecular weight is 562 g/mol. The molecule has 2 aromatic carbocycles. The van der Waals surface area contributed by atoms with E-state index in [1.807, 2.05) is 0 Å². The molecule has 39 heavy (non-hydrogen) atoms. The van der Waals surface area contributed by atoms with Crippen LogP contribution in [-0.2, 0) is 19.1 Å².